The SMILES string of the molecule is O=C(O)c1ccc(C#Cc2c(C(=O)O)cccc2C(=O)O)cc1. The van der Waals surface area contributed by atoms with Crippen LogP contribution in [0.4, 0.5) is 0 Å². The second-order valence-corrected chi connectivity index (χ2v) is 4.47. The Morgan fingerprint density at radius 2 is 1.22 bits per heavy atom. The van der Waals surface area contributed by atoms with Gasteiger partial charge in [0.25, 0.3) is 0 Å². The highest BCUT2D eigenvalue weighted by molar-refractivity contribution is 5.98. The maximum atomic E-state index is 11.2. The van der Waals surface area contributed by atoms with Crippen molar-refractivity contribution in [3.05, 3.63) is 70.3 Å². The fraction of sp³-hybridized carbons (Fsp3) is 0. The maximum Gasteiger partial charge on any atom is 0.336 e. The van der Waals surface area contributed by atoms with E-state index in [1.807, 2.05) is 0 Å². The summed E-state index contributed by atoms with van der Waals surface area (Å²) in [6.07, 6.45) is 0. The number of rotatable bonds is 3. The summed E-state index contributed by atoms with van der Waals surface area (Å²) < 4.78 is 0. The van der Waals surface area contributed by atoms with E-state index in [-0.39, 0.29) is 22.3 Å². The normalized spacial score (nSPS) is 9.57. The van der Waals surface area contributed by atoms with Crippen LogP contribution in [-0.2, 0) is 0 Å². The molecule has 0 saturated carbocycles. The molecule has 0 unspecified atom stereocenters. The standard InChI is InChI=1S/C17H10O6/c18-15(19)11-7-4-10(5-8-11)6-9-12-13(16(20)21)2-1-3-14(12)17(22)23/h1-5,7-8H,(H,18,19)(H,20,21)(H,22,23). The quantitative estimate of drug-likeness (QED) is 0.749. The molecule has 2 aromatic carbocycles. The lowest BCUT2D eigenvalue weighted by Crippen LogP contribution is -2.07. The number of carboxylic acid groups (broad SMARTS) is 3. The third-order valence-electron chi connectivity index (χ3n) is 2.99. The molecule has 0 atom stereocenters. The van der Waals surface area contributed by atoms with Crippen molar-refractivity contribution in [3.63, 3.8) is 0 Å². The van der Waals surface area contributed by atoms with Crippen LogP contribution in [0.3, 0.4) is 0 Å². The van der Waals surface area contributed by atoms with E-state index >= 15 is 0 Å². The molecule has 0 aliphatic heterocycles. The lowest BCUT2D eigenvalue weighted by atomic mass is 10.0. The number of carbonyl (C=O) groups is 3. The Bertz CT molecular complexity index is 821. The molecule has 2 rings (SSSR count). The van der Waals surface area contributed by atoms with Crippen LogP contribution in [0.25, 0.3) is 0 Å². The van der Waals surface area contributed by atoms with Crippen molar-refractivity contribution in [2.24, 2.45) is 0 Å². The van der Waals surface area contributed by atoms with Crippen LogP contribution < -0.4 is 0 Å². The summed E-state index contributed by atoms with van der Waals surface area (Å²) in [5, 5.41) is 27.1. The average molecular weight is 310 g/mol. The van der Waals surface area contributed by atoms with Crippen LogP contribution in [0, 0.1) is 11.8 Å². The van der Waals surface area contributed by atoms with Gasteiger partial charge in [-0.1, -0.05) is 17.9 Å². The molecule has 0 aliphatic rings. The third kappa shape index (κ3) is 3.54. The number of aromatic carboxylic acids is 3. The third-order valence-corrected chi connectivity index (χ3v) is 2.99. The average Bonchev–Trinajstić information content (AvgIpc) is 2.52. The number of hydrogen-bond acceptors (Lipinski definition) is 3. The van der Waals surface area contributed by atoms with Crippen molar-refractivity contribution in [3.8, 4) is 11.8 Å². The van der Waals surface area contributed by atoms with E-state index in [1.54, 1.807) is 0 Å². The van der Waals surface area contributed by atoms with E-state index in [0.717, 1.165) is 0 Å². The molecule has 6 nitrogen and oxygen atoms in total. The molecule has 0 fully saturated rings. The Morgan fingerprint density at radius 1 is 0.696 bits per heavy atom. The van der Waals surface area contributed by atoms with Gasteiger partial charge in [-0.25, -0.2) is 14.4 Å². The lowest BCUT2D eigenvalue weighted by molar-refractivity contribution is 0.0681. The summed E-state index contributed by atoms with van der Waals surface area (Å²) in [4.78, 5) is 33.2. The van der Waals surface area contributed by atoms with Gasteiger partial charge in [-0.05, 0) is 36.4 Å². The predicted molar refractivity (Wildman–Crippen MR) is 79.7 cm³/mol. The molecule has 0 bridgehead atoms. The smallest absolute Gasteiger partial charge is 0.336 e. The Kier molecular flexibility index (Phi) is 4.43. The summed E-state index contributed by atoms with van der Waals surface area (Å²) in [6, 6.07) is 9.50. The van der Waals surface area contributed by atoms with Gasteiger partial charge < -0.3 is 15.3 Å². The number of benzene rings is 2. The molecule has 0 heterocycles. The van der Waals surface area contributed by atoms with Crippen molar-refractivity contribution < 1.29 is 29.7 Å². The van der Waals surface area contributed by atoms with Gasteiger partial charge in [-0.2, -0.15) is 0 Å². The maximum absolute atomic E-state index is 11.2. The van der Waals surface area contributed by atoms with Gasteiger partial charge in [0.1, 0.15) is 0 Å². The molecule has 114 valence electrons. The second-order valence-electron chi connectivity index (χ2n) is 4.47. The van der Waals surface area contributed by atoms with Crippen molar-refractivity contribution in [2.75, 3.05) is 0 Å². The first-order valence-electron chi connectivity index (χ1n) is 6.35. The molecule has 0 saturated heterocycles. The predicted octanol–water partition coefficient (Wildman–Crippen LogP) is 2.18. The summed E-state index contributed by atoms with van der Waals surface area (Å²) in [7, 11) is 0. The largest absolute Gasteiger partial charge is 0.478 e. The van der Waals surface area contributed by atoms with Gasteiger partial charge >= 0.3 is 17.9 Å². The first-order chi connectivity index (χ1) is 10.9. The summed E-state index contributed by atoms with van der Waals surface area (Å²) in [5.41, 5.74) is 0.00756. The summed E-state index contributed by atoms with van der Waals surface area (Å²) in [6.45, 7) is 0. The van der Waals surface area contributed by atoms with Crippen LogP contribution in [-0.4, -0.2) is 33.2 Å². The van der Waals surface area contributed by atoms with Crippen LogP contribution in [0.5, 0.6) is 0 Å². The fourth-order valence-electron chi connectivity index (χ4n) is 1.87. The first-order valence-corrected chi connectivity index (χ1v) is 6.35. The van der Waals surface area contributed by atoms with Gasteiger partial charge in [0.2, 0.25) is 0 Å². The highest BCUT2D eigenvalue weighted by Crippen LogP contribution is 2.15. The van der Waals surface area contributed by atoms with E-state index in [4.69, 9.17) is 15.3 Å². The van der Waals surface area contributed by atoms with Crippen molar-refractivity contribution in [1.82, 2.24) is 0 Å². The zero-order valence-corrected chi connectivity index (χ0v) is 11.6. The highest BCUT2D eigenvalue weighted by atomic mass is 16.4. The van der Waals surface area contributed by atoms with Gasteiger partial charge in [0.15, 0.2) is 0 Å². The minimum absolute atomic E-state index is 0.0905. The molecular weight excluding hydrogens is 300 g/mol. The molecule has 0 aromatic heterocycles. The van der Waals surface area contributed by atoms with E-state index in [2.05, 4.69) is 11.8 Å². The van der Waals surface area contributed by atoms with Gasteiger partial charge in [0.05, 0.1) is 22.3 Å². The number of carboxylic acids is 3. The van der Waals surface area contributed by atoms with E-state index in [9.17, 15) is 14.4 Å². The zero-order valence-electron chi connectivity index (χ0n) is 11.6. The molecule has 3 N–H and O–H groups in total. The van der Waals surface area contributed by atoms with Gasteiger partial charge in [-0.3, -0.25) is 0 Å². The zero-order chi connectivity index (χ0) is 17.0. The minimum atomic E-state index is -1.28. The molecule has 0 amide bonds. The van der Waals surface area contributed by atoms with Crippen LogP contribution in [0.1, 0.15) is 42.2 Å². The lowest BCUT2D eigenvalue weighted by Gasteiger charge is -2.03. The van der Waals surface area contributed by atoms with Crippen LogP contribution >= 0.6 is 0 Å². The van der Waals surface area contributed by atoms with Crippen molar-refractivity contribution in [1.29, 1.82) is 0 Å². The molecule has 23 heavy (non-hydrogen) atoms. The van der Waals surface area contributed by atoms with Gasteiger partial charge in [-0.15, -0.1) is 0 Å². The number of hydrogen-bond donors (Lipinski definition) is 3. The fourth-order valence-corrected chi connectivity index (χ4v) is 1.87. The molecule has 0 spiro atoms. The van der Waals surface area contributed by atoms with E-state index in [1.165, 1.54) is 42.5 Å². The monoisotopic (exact) mass is 310 g/mol. The van der Waals surface area contributed by atoms with Crippen LogP contribution in [0.15, 0.2) is 42.5 Å². The summed E-state index contributed by atoms with van der Waals surface area (Å²) >= 11 is 0. The van der Waals surface area contributed by atoms with Crippen molar-refractivity contribution >= 4 is 17.9 Å². The molecule has 0 aliphatic carbocycles. The van der Waals surface area contributed by atoms with E-state index in [0.29, 0.717) is 5.56 Å². The molecule has 2 aromatic rings. The second kappa shape index (κ2) is 6.45. The van der Waals surface area contributed by atoms with Gasteiger partial charge in [0, 0.05) is 5.56 Å². The summed E-state index contributed by atoms with van der Waals surface area (Å²) in [5.74, 6) is 1.57. The minimum Gasteiger partial charge on any atom is -0.478 e. The Balaban J connectivity index is 2.50. The highest BCUT2D eigenvalue weighted by Gasteiger charge is 2.16. The van der Waals surface area contributed by atoms with Crippen LogP contribution in [0.2, 0.25) is 0 Å². The van der Waals surface area contributed by atoms with E-state index < -0.39 is 17.9 Å². The Hall–Kier alpha value is -3.59. The first kappa shape index (κ1) is 15.8. The Morgan fingerprint density at radius 3 is 1.65 bits per heavy atom. The molecule has 6 heteroatoms. The Labute approximate surface area is 130 Å². The topological polar surface area (TPSA) is 112 Å². The molecule has 0 radical (unpaired) electrons. The van der Waals surface area contributed by atoms with Crippen molar-refractivity contribution in [2.45, 2.75) is 0 Å². The molecular formula is C17H10O6.